The van der Waals surface area contributed by atoms with Crippen molar-refractivity contribution in [1.29, 1.82) is 0 Å². The molecular weight excluding hydrogens is 346 g/mol. The van der Waals surface area contributed by atoms with E-state index in [0.717, 1.165) is 0 Å². The van der Waals surface area contributed by atoms with Gasteiger partial charge in [-0.15, -0.1) is 12.1 Å². The molecule has 0 saturated carbocycles. The first-order chi connectivity index (χ1) is 7.71. The average Bonchev–Trinajstić information content (AvgIpc) is 2.13. The van der Waals surface area contributed by atoms with E-state index in [1.165, 1.54) is 27.7 Å². The Bertz CT molecular complexity index is 273. The van der Waals surface area contributed by atoms with Gasteiger partial charge in [-0.05, 0) is 0 Å². The Balaban J connectivity index is -0.000000256. The van der Waals surface area contributed by atoms with Crippen molar-refractivity contribution < 1.29 is 19.8 Å². The smallest absolute Gasteiger partial charge is 0.787 e. The van der Waals surface area contributed by atoms with Crippen LogP contribution < -0.4 is 10.2 Å². The van der Waals surface area contributed by atoms with Crippen LogP contribution in [0.15, 0.2) is 0 Å². The Kier molecular flexibility index (Phi) is 11.7. The normalized spacial score (nSPS) is 14.3. The molecule has 0 fully saturated rings. The monoisotopic (exact) mass is 361 g/mol. The molecule has 19 heavy (non-hydrogen) atoms. The van der Waals surface area contributed by atoms with E-state index in [4.69, 9.17) is 11.5 Å². The van der Waals surface area contributed by atoms with Crippen molar-refractivity contribution in [1.82, 2.24) is 0 Å². The molecule has 2 unspecified atom stereocenters. The van der Waals surface area contributed by atoms with Gasteiger partial charge in [0.05, 0.1) is 0 Å². The molecule has 2 atom stereocenters. The van der Waals surface area contributed by atoms with Crippen molar-refractivity contribution in [2.75, 3.05) is 0 Å². The van der Waals surface area contributed by atoms with Gasteiger partial charge in [-0.25, -0.2) is 0 Å². The number of carboxylic acid groups (broad SMARTS) is 2. The van der Waals surface area contributed by atoms with E-state index in [-0.39, 0.29) is 19.8 Å². The summed E-state index contributed by atoms with van der Waals surface area (Å²) in [5, 5.41) is 20.0. The summed E-state index contributed by atoms with van der Waals surface area (Å²) in [6, 6.07) is -2.63. The van der Waals surface area contributed by atoms with Crippen molar-refractivity contribution in [2.24, 2.45) is 0 Å². The topological polar surface area (TPSA) is 128 Å². The Morgan fingerprint density at radius 1 is 0.895 bits per heavy atom. The van der Waals surface area contributed by atoms with Crippen LogP contribution in [0.3, 0.4) is 0 Å². The molecule has 0 heterocycles. The maximum absolute atomic E-state index is 9.98. The minimum absolute atomic E-state index is 0. The van der Waals surface area contributed by atoms with Crippen LogP contribution in [0, 0.1) is 0 Å². The summed E-state index contributed by atoms with van der Waals surface area (Å²) >= 11 is 9.35. The third-order valence-electron chi connectivity index (χ3n) is 1.86. The molecule has 108 valence electrons. The number of aliphatic carboxylic acids is 2. The predicted molar refractivity (Wildman–Crippen MR) is 74.9 cm³/mol. The third-order valence-corrected chi connectivity index (χ3v) is 2.33. The van der Waals surface area contributed by atoms with Gasteiger partial charge in [0, 0.05) is 11.9 Å². The minimum atomic E-state index is -1.41. The second-order valence-corrected chi connectivity index (χ2v) is 6.82. The van der Waals surface area contributed by atoms with Crippen molar-refractivity contribution in [3.63, 3.8) is 0 Å². The van der Waals surface area contributed by atoms with Gasteiger partial charge >= 0.3 is 19.8 Å². The molecule has 0 spiro atoms. The van der Waals surface area contributed by atoms with Gasteiger partial charge in [0.15, 0.2) is 0 Å². The standard InChI is InChI=1S/2C5H10NO2S.Ga/c2*1-5(2,9)3(6)4(7)8;/h2*3,6,9H,1-2H3,(H,7,8);/q2*-1;+3/p-4. The van der Waals surface area contributed by atoms with E-state index in [9.17, 15) is 19.8 Å². The number of carbonyl (C=O) groups is 2. The van der Waals surface area contributed by atoms with Gasteiger partial charge < -0.3 is 56.5 Å². The number of hydrogen-bond donors (Lipinski definition) is 0. The van der Waals surface area contributed by atoms with Crippen molar-refractivity contribution in [3.8, 4) is 0 Å². The van der Waals surface area contributed by atoms with E-state index in [0.29, 0.717) is 0 Å². The quantitative estimate of drug-likeness (QED) is 0.446. The first-order valence-electron chi connectivity index (χ1n) is 4.96. The van der Waals surface area contributed by atoms with Crippen molar-refractivity contribution in [2.45, 2.75) is 49.3 Å². The molecule has 0 radical (unpaired) electrons. The summed E-state index contributed by atoms with van der Waals surface area (Å²) in [5.41, 5.74) is 13.8. The van der Waals surface area contributed by atoms with Crippen LogP contribution in [-0.4, -0.2) is 53.3 Å². The van der Waals surface area contributed by atoms with Crippen LogP contribution in [0.5, 0.6) is 0 Å². The van der Waals surface area contributed by atoms with Crippen molar-refractivity contribution in [3.05, 3.63) is 11.5 Å². The van der Waals surface area contributed by atoms with Crippen molar-refractivity contribution >= 4 is 57.0 Å². The third kappa shape index (κ3) is 11.7. The Morgan fingerprint density at radius 2 is 1.05 bits per heavy atom. The minimum Gasteiger partial charge on any atom is -0.787 e. The van der Waals surface area contributed by atoms with Gasteiger partial charge in [-0.1, -0.05) is 27.7 Å². The zero-order valence-corrected chi connectivity index (χ0v) is 15.2. The van der Waals surface area contributed by atoms with Crippen LogP contribution in [0.2, 0.25) is 0 Å². The summed E-state index contributed by atoms with van der Waals surface area (Å²) in [6.07, 6.45) is 0. The Morgan fingerprint density at radius 3 is 1.05 bits per heavy atom. The molecule has 2 N–H and O–H groups in total. The molecule has 0 rings (SSSR count). The number of carboxylic acids is 2. The van der Waals surface area contributed by atoms with E-state index < -0.39 is 33.5 Å². The van der Waals surface area contributed by atoms with Crippen LogP contribution >= 0.6 is 0 Å². The molecule has 0 aliphatic rings. The van der Waals surface area contributed by atoms with Gasteiger partial charge in [0.1, 0.15) is 0 Å². The second-order valence-electron chi connectivity index (χ2n) is 4.71. The molecule has 0 aromatic heterocycles. The van der Waals surface area contributed by atoms with Crippen LogP contribution in [0.25, 0.3) is 11.5 Å². The Hall–Kier alpha value is 0.196. The molecule has 6 nitrogen and oxygen atoms in total. The Labute approximate surface area is 137 Å². The number of carbonyl (C=O) groups excluding carboxylic acids is 2. The molecule has 0 aromatic carbocycles. The molecular formula is C10H16GaN2O4S2-3. The van der Waals surface area contributed by atoms with E-state index in [2.05, 4.69) is 25.3 Å². The molecule has 0 bridgehead atoms. The summed E-state index contributed by atoms with van der Waals surface area (Å²) in [6.45, 7) is 6.04. The molecule has 0 aliphatic heterocycles. The van der Waals surface area contributed by atoms with Gasteiger partial charge in [-0.2, -0.15) is 9.49 Å². The number of nitrogens with one attached hydrogen (secondary N) is 2. The molecule has 0 amide bonds. The first kappa shape index (κ1) is 24.2. The summed E-state index contributed by atoms with van der Waals surface area (Å²) < 4.78 is -1.86. The van der Waals surface area contributed by atoms with Gasteiger partial charge in [0.25, 0.3) is 0 Å². The zero-order chi connectivity index (χ0) is 15.3. The summed E-state index contributed by atoms with van der Waals surface area (Å²) in [5.74, 6) is -2.81. The van der Waals surface area contributed by atoms with Gasteiger partial charge in [-0.3, -0.25) is 0 Å². The van der Waals surface area contributed by atoms with Gasteiger partial charge in [0.2, 0.25) is 0 Å². The maximum Gasteiger partial charge on any atom is 3.00 e. The summed E-state index contributed by atoms with van der Waals surface area (Å²) in [7, 11) is 0. The van der Waals surface area contributed by atoms with E-state index in [1.54, 1.807) is 0 Å². The maximum atomic E-state index is 9.98. The van der Waals surface area contributed by atoms with Crippen LogP contribution in [0.4, 0.5) is 0 Å². The second kappa shape index (κ2) is 9.19. The fourth-order valence-corrected chi connectivity index (χ4v) is 0.760. The number of rotatable bonds is 4. The average molecular weight is 362 g/mol. The molecule has 0 saturated heterocycles. The summed E-state index contributed by atoms with van der Waals surface area (Å²) in [4.78, 5) is 20.0. The molecule has 0 aliphatic carbocycles. The first-order valence-corrected chi connectivity index (χ1v) is 5.77. The number of hydrogen-bond acceptors (Lipinski definition) is 6. The van der Waals surface area contributed by atoms with E-state index in [1.807, 2.05) is 0 Å². The predicted octanol–water partition coefficient (Wildman–Crippen LogP) is -1.42. The molecule has 9 heteroatoms. The SMILES string of the molecule is CC(C)([S-])C([NH-])C(=O)[O-].CC(C)([S-])C([NH-])C(=O)[O-].[Ga+3]. The van der Waals surface area contributed by atoms with Crippen LogP contribution in [0.1, 0.15) is 27.7 Å². The fourth-order valence-electron chi connectivity index (χ4n) is 0.568. The molecule has 0 aromatic rings. The van der Waals surface area contributed by atoms with E-state index >= 15 is 0 Å². The largest absolute Gasteiger partial charge is 3.00 e. The fraction of sp³-hybridized carbons (Fsp3) is 0.800. The zero-order valence-electron chi connectivity index (χ0n) is 11.2. The van der Waals surface area contributed by atoms with Crippen LogP contribution in [-0.2, 0) is 34.8 Å².